The van der Waals surface area contributed by atoms with E-state index in [1.165, 1.54) is 51.4 Å². The molecule has 0 bridgehead atoms. The molecule has 0 spiro atoms. The minimum absolute atomic E-state index is 0.415. The van der Waals surface area contributed by atoms with Gasteiger partial charge in [-0.2, -0.15) is 0 Å². The molecule has 0 atom stereocenters. The van der Waals surface area contributed by atoms with Crippen molar-refractivity contribution in [3.05, 3.63) is 54.6 Å². The lowest BCUT2D eigenvalue weighted by molar-refractivity contribution is 0.0982. The molecule has 0 amide bonds. The first-order chi connectivity index (χ1) is 14.8. The first-order valence-corrected chi connectivity index (χ1v) is 11.5. The molecule has 3 aromatic carbocycles. The molecule has 3 rings (SSSR count). The molecular weight excluding hydrogens is 372 g/mol. The van der Waals surface area contributed by atoms with E-state index in [0.29, 0.717) is 12.4 Å². The predicted molar refractivity (Wildman–Crippen MR) is 125 cm³/mol. The van der Waals surface area contributed by atoms with Crippen LogP contribution in [0.1, 0.15) is 71.1 Å². The van der Waals surface area contributed by atoms with Gasteiger partial charge in [0.25, 0.3) is 0 Å². The maximum absolute atomic E-state index is 12.3. The maximum Gasteiger partial charge on any atom is 0.513 e. The van der Waals surface area contributed by atoms with E-state index in [1.807, 2.05) is 48.5 Å². The second kappa shape index (κ2) is 12.2. The standard InChI is InChI=1S/C27H34O3/c1-2-3-4-5-6-7-8-9-10-15-20-29-27(28)30-26-24-18-13-11-16-22(24)21-23-17-12-14-19-25(23)26/h11-14,16-19,21H,2-10,15,20H2,1H3. The van der Waals surface area contributed by atoms with E-state index < -0.39 is 6.16 Å². The molecule has 0 saturated carbocycles. The molecule has 0 aliphatic rings. The number of carbonyl (C=O) groups excluding carboxylic acids is 1. The summed E-state index contributed by atoms with van der Waals surface area (Å²) >= 11 is 0. The molecule has 0 aliphatic carbocycles. The highest BCUT2D eigenvalue weighted by molar-refractivity contribution is 6.06. The summed E-state index contributed by atoms with van der Waals surface area (Å²) in [5.74, 6) is 0.580. The predicted octanol–water partition coefficient (Wildman–Crippen LogP) is 8.43. The molecular formula is C27H34O3. The number of fused-ring (bicyclic) bond motifs is 2. The van der Waals surface area contributed by atoms with E-state index in [4.69, 9.17) is 9.47 Å². The van der Waals surface area contributed by atoms with Crippen molar-refractivity contribution in [3.8, 4) is 5.75 Å². The highest BCUT2D eigenvalue weighted by atomic mass is 16.7. The van der Waals surface area contributed by atoms with E-state index in [2.05, 4.69) is 13.0 Å². The molecule has 0 aliphatic heterocycles. The third-order valence-electron chi connectivity index (χ3n) is 5.63. The van der Waals surface area contributed by atoms with Gasteiger partial charge in [0, 0.05) is 10.8 Å². The third kappa shape index (κ3) is 6.48. The molecule has 0 radical (unpaired) electrons. The van der Waals surface area contributed by atoms with Gasteiger partial charge < -0.3 is 9.47 Å². The van der Waals surface area contributed by atoms with Crippen LogP contribution in [-0.4, -0.2) is 12.8 Å². The van der Waals surface area contributed by atoms with E-state index >= 15 is 0 Å². The largest absolute Gasteiger partial charge is 0.513 e. The molecule has 0 unspecified atom stereocenters. The zero-order chi connectivity index (χ0) is 21.0. The molecule has 30 heavy (non-hydrogen) atoms. The van der Waals surface area contributed by atoms with Crippen LogP contribution in [-0.2, 0) is 4.74 Å². The summed E-state index contributed by atoms with van der Waals surface area (Å²) in [5.41, 5.74) is 0. The Kier molecular flexibility index (Phi) is 9.02. The number of ether oxygens (including phenoxy) is 2. The van der Waals surface area contributed by atoms with Crippen molar-refractivity contribution in [1.82, 2.24) is 0 Å². The fourth-order valence-corrected chi connectivity index (χ4v) is 3.94. The van der Waals surface area contributed by atoms with Crippen molar-refractivity contribution in [2.75, 3.05) is 6.61 Å². The zero-order valence-electron chi connectivity index (χ0n) is 18.2. The number of hydrogen-bond acceptors (Lipinski definition) is 3. The van der Waals surface area contributed by atoms with Gasteiger partial charge in [-0.25, -0.2) is 4.79 Å². The van der Waals surface area contributed by atoms with Crippen LogP contribution < -0.4 is 4.74 Å². The Bertz CT molecular complexity index is 878. The SMILES string of the molecule is CCCCCCCCCCCCOC(=O)Oc1c2ccccc2cc2ccccc12. The minimum Gasteiger partial charge on any atom is -0.434 e. The summed E-state index contributed by atoms with van der Waals surface area (Å²) in [6.07, 6.45) is 11.9. The van der Waals surface area contributed by atoms with E-state index in [-0.39, 0.29) is 0 Å². The molecule has 0 heterocycles. The van der Waals surface area contributed by atoms with Crippen LogP contribution in [0.4, 0.5) is 4.79 Å². The number of carbonyl (C=O) groups is 1. The highest BCUT2D eigenvalue weighted by Crippen LogP contribution is 2.35. The average Bonchev–Trinajstić information content (AvgIpc) is 2.77. The van der Waals surface area contributed by atoms with Gasteiger partial charge in [-0.3, -0.25) is 0 Å². The van der Waals surface area contributed by atoms with Gasteiger partial charge in [-0.1, -0.05) is 113 Å². The molecule has 0 N–H and O–H groups in total. The number of benzene rings is 3. The van der Waals surface area contributed by atoms with E-state index in [0.717, 1.165) is 34.4 Å². The normalized spacial score (nSPS) is 11.1. The van der Waals surface area contributed by atoms with Crippen LogP contribution in [0.2, 0.25) is 0 Å². The molecule has 3 heteroatoms. The van der Waals surface area contributed by atoms with Crippen LogP contribution in [0.3, 0.4) is 0 Å². The molecule has 0 aromatic heterocycles. The summed E-state index contributed by atoms with van der Waals surface area (Å²) in [6.45, 7) is 2.67. The van der Waals surface area contributed by atoms with Crippen LogP contribution >= 0.6 is 0 Å². The van der Waals surface area contributed by atoms with E-state index in [9.17, 15) is 4.79 Å². The summed E-state index contributed by atoms with van der Waals surface area (Å²) in [5, 5.41) is 3.95. The summed E-state index contributed by atoms with van der Waals surface area (Å²) < 4.78 is 11.0. The summed E-state index contributed by atoms with van der Waals surface area (Å²) in [7, 11) is 0. The van der Waals surface area contributed by atoms with Gasteiger partial charge in [0.2, 0.25) is 0 Å². The lowest BCUT2D eigenvalue weighted by Gasteiger charge is -2.12. The van der Waals surface area contributed by atoms with Crippen molar-refractivity contribution >= 4 is 27.7 Å². The summed E-state index contributed by atoms with van der Waals surface area (Å²) in [6, 6.07) is 18.0. The van der Waals surface area contributed by atoms with Crippen molar-refractivity contribution in [3.63, 3.8) is 0 Å². The Morgan fingerprint density at radius 1 is 0.700 bits per heavy atom. The smallest absolute Gasteiger partial charge is 0.434 e. The van der Waals surface area contributed by atoms with Crippen molar-refractivity contribution in [1.29, 1.82) is 0 Å². The van der Waals surface area contributed by atoms with Gasteiger partial charge in [0.1, 0.15) is 5.75 Å². The third-order valence-corrected chi connectivity index (χ3v) is 5.63. The number of hydrogen-bond donors (Lipinski definition) is 0. The lowest BCUT2D eigenvalue weighted by atomic mass is 10.0. The topological polar surface area (TPSA) is 35.5 Å². The van der Waals surface area contributed by atoms with Crippen LogP contribution in [0.25, 0.3) is 21.5 Å². The number of rotatable bonds is 12. The monoisotopic (exact) mass is 406 g/mol. The second-order valence-electron chi connectivity index (χ2n) is 8.03. The van der Waals surface area contributed by atoms with Gasteiger partial charge in [-0.15, -0.1) is 0 Å². The zero-order valence-corrected chi connectivity index (χ0v) is 18.2. The fourth-order valence-electron chi connectivity index (χ4n) is 3.94. The molecule has 3 nitrogen and oxygen atoms in total. The maximum atomic E-state index is 12.3. The van der Waals surface area contributed by atoms with Gasteiger partial charge in [-0.05, 0) is 23.3 Å². The Balaban J connectivity index is 1.43. The highest BCUT2D eigenvalue weighted by Gasteiger charge is 2.13. The quantitative estimate of drug-likeness (QED) is 0.131. The average molecular weight is 407 g/mol. The van der Waals surface area contributed by atoms with Gasteiger partial charge in [0.05, 0.1) is 6.61 Å². The molecule has 160 valence electrons. The van der Waals surface area contributed by atoms with E-state index in [1.54, 1.807) is 0 Å². The summed E-state index contributed by atoms with van der Waals surface area (Å²) in [4.78, 5) is 12.3. The first-order valence-electron chi connectivity index (χ1n) is 11.5. The minimum atomic E-state index is -0.618. The Morgan fingerprint density at radius 2 is 1.20 bits per heavy atom. The lowest BCUT2D eigenvalue weighted by Crippen LogP contribution is -2.12. The Morgan fingerprint density at radius 3 is 1.77 bits per heavy atom. The molecule has 0 fully saturated rings. The number of unbranched alkanes of at least 4 members (excludes halogenated alkanes) is 9. The second-order valence-corrected chi connectivity index (χ2v) is 8.03. The van der Waals surface area contributed by atoms with Gasteiger partial charge in [0.15, 0.2) is 0 Å². The first kappa shape index (κ1) is 22.1. The van der Waals surface area contributed by atoms with Crippen LogP contribution in [0.15, 0.2) is 54.6 Å². The molecule has 0 saturated heterocycles. The Labute approximate surface area is 180 Å². The van der Waals surface area contributed by atoms with Crippen LogP contribution in [0.5, 0.6) is 5.75 Å². The van der Waals surface area contributed by atoms with Crippen molar-refractivity contribution in [2.45, 2.75) is 71.1 Å². The van der Waals surface area contributed by atoms with Crippen molar-refractivity contribution in [2.24, 2.45) is 0 Å². The fraction of sp³-hybridized carbons (Fsp3) is 0.444. The van der Waals surface area contributed by atoms with Crippen LogP contribution in [0, 0.1) is 0 Å². The Hall–Kier alpha value is -2.55. The van der Waals surface area contributed by atoms with Gasteiger partial charge >= 0.3 is 6.16 Å². The molecule has 3 aromatic rings. The van der Waals surface area contributed by atoms with Crippen molar-refractivity contribution < 1.29 is 14.3 Å².